The molecule has 0 aliphatic heterocycles. The average Bonchev–Trinajstić information content (AvgIpc) is 2.57. The van der Waals surface area contributed by atoms with Crippen LogP contribution in [0.2, 0.25) is 0 Å². The first-order chi connectivity index (χ1) is 11.3. The molecule has 0 spiro atoms. The Morgan fingerprint density at radius 3 is 1.29 bits per heavy atom. The van der Waals surface area contributed by atoms with Crippen molar-refractivity contribution in [3.63, 3.8) is 0 Å². The molecule has 0 nitrogen and oxygen atoms in total. The summed E-state index contributed by atoms with van der Waals surface area (Å²) < 4.78 is 0. The van der Waals surface area contributed by atoms with Gasteiger partial charge < -0.3 is 6.92 Å². The molecule has 0 aliphatic rings. The van der Waals surface area contributed by atoms with E-state index < -0.39 is 0 Å². The predicted molar refractivity (Wildman–Crippen MR) is 107 cm³/mol. The zero-order valence-electron chi connectivity index (χ0n) is 16.0. The van der Waals surface area contributed by atoms with E-state index in [4.69, 9.17) is 0 Å². The fraction of sp³-hybridized carbons (Fsp3) is 0.652. The second-order valence-electron chi connectivity index (χ2n) is 6.58. The van der Waals surface area contributed by atoms with Gasteiger partial charge in [-0.3, -0.25) is 0 Å². The van der Waals surface area contributed by atoms with E-state index in [1.54, 1.807) is 0 Å². The minimum Gasteiger partial charge on any atom is -0.343 e. The second-order valence-corrected chi connectivity index (χ2v) is 6.58. The van der Waals surface area contributed by atoms with Crippen LogP contribution in [0, 0.1) is 13.8 Å². The first-order valence-electron chi connectivity index (χ1n) is 9.97. The number of hydrogen-bond donors (Lipinski definition) is 0. The summed E-state index contributed by atoms with van der Waals surface area (Å²) in [6, 6.07) is 9.87. The molecule has 24 heavy (non-hydrogen) atoms. The van der Waals surface area contributed by atoms with E-state index in [1.165, 1.54) is 83.5 Å². The maximum atomic E-state index is 3.87. The first-order valence-corrected chi connectivity index (χ1v) is 9.97. The summed E-state index contributed by atoms with van der Waals surface area (Å²) in [6.07, 6.45) is 19.8. The summed E-state index contributed by atoms with van der Waals surface area (Å²) in [5, 5.41) is 0. The summed E-state index contributed by atoms with van der Waals surface area (Å²) in [7, 11) is 0. The van der Waals surface area contributed by atoms with Gasteiger partial charge in [-0.05, 0) is 0 Å². The standard InChI is InChI=1S/C16H33.C7H7.Ni/c1-3-5-7-9-11-13-15-16-14-12-10-8-6-4-2;1-7-5-3-2-4-6-7;/h1,3-16H2,2H3;2-6H,1H2;/q2*-1;+2. The molecule has 0 radical (unpaired) electrons. The molecule has 0 atom stereocenters. The Morgan fingerprint density at radius 2 is 1.00 bits per heavy atom. The molecular formula is C23H40Ni. The maximum Gasteiger partial charge on any atom is 2.00 e. The van der Waals surface area contributed by atoms with Crippen LogP contribution >= 0.6 is 0 Å². The third-order valence-electron chi connectivity index (χ3n) is 4.20. The van der Waals surface area contributed by atoms with Crippen LogP contribution in [0.5, 0.6) is 0 Å². The quantitative estimate of drug-likeness (QED) is 0.185. The van der Waals surface area contributed by atoms with E-state index in [1.807, 2.05) is 30.3 Å². The minimum absolute atomic E-state index is 0. The molecule has 0 bridgehead atoms. The van der Waals surface area contributed by atoms with E-state index in [9.17, 15) is 0 Å². The molecule has 1 aromatic carbocycles. The zero-order valence-corrected chi connectivity index (χ0v) is 17.0. The van der Waals surface area contributed by atoms with Gasteiger partial charge in [0.2, 0.25) is 0 Å². The summed E-state index contributed by atoms with van der Waals surface area (Å²) in [6.45, 7) is 9.88. The molecule has 0 N–H and O–H groups in total. The van der Waals surface area contributed by atoms with Crippen molar-refractivity contribution in [2.45, 2.75) is 96.8 Å². The Labute approximate surface area is 163 Å². The normalized spacial score (nSPS) is 9.75. The van der Waals surface area contributed by atoms with Crippen molar-refractivity contribution in [2.75, 3.05) is 0 Å². The summed E-state index contributed by atoms with van der Waals surface area (Å²) >= 11 is 0. The van der Waals surface area contributed by atoms with Crippen LogP contribution < -0.4 is 0 Å². The van der Waals surface area contributed by atoms with Gasteiger partial charge >= 0.3 is 16.5 Å². The van der Waals surface area contributed by atoms with Crippen molar-refractivity contribution < 1.29 is 16.5 Å². The molecule has 0 saturated heterocycles. The largest absolute Gasteiger partial charge is 2.00 e. The molecule has 1 aromatic rings. The van der Waals surface area contributed by atoms with Gasteiger partial charge in [0.15, 0.2) is 0 Å². The number of hydrogen-bond acceptors (Lipinski definition) is 0. The van der Waals surface area contributed by atoms with Gasteiger partial charge in [0.1, 0.15) is 0 Å². The average molecular weight is 375 g/mol. The minimum atomic E-state index is 0. The van der Waals surface area contributed by atoms with Gasteiger partial charge in [-0.2, -0.15) is 31.0 Å². The van der Waals surface area contributed by atoms with E-state index in [0.717, 1.165) is 12.0 Å². The van der Waals surface area contributed by atoms with Gasteiger partial charge in [-0.1, -0.05) is 96.5 Å². The van der Waals surface area contributed by atoms with Gasteiger partial charge in [0.25, 0.3) is 0 Å². The van der Waals surface area contributed by atoms with Crippen LogP contribution in [0.1, 0.15) is 102 Å². The number of unbranched alkanes of at least 4 members (excludes halogenated alkanes) is 13. The van der Waals surface area contributed by atoms with E-state index in [0.29, 0.717) is 0 Å². The number of rotatable bonds is 13. The van der Waals surface area contributed by atoms with Crippen LogP contribution in [0.15, 0.2) is 30.3 Å². The Hall–Kier alpha value is -0.416. The Balaban J connectivity index is 0. The van der Waals surface area contributed by atoms with Gasteiger partial charge in [0, 0.05) is 0 Å². The van der Waals surface area contributed by atoms with E-state index >= 15 is 0 Å². The van der Waals surface area contributed by atoms with E-state index in [2.05, 4.69) is 20.8 Å². The van der Waals surface area contributed by atoms with Crippen molar-refractivity contribution in [1.29, 1.82) is 0 Å². The third-order valence-corrected chi connectivity index (χ3v) is 4.20. The van der Waals surface area contributed by atoms with Gasteiger partial charge in [-0.25, -0.2) is 0 Å². The number of benzene rings is 1. The second kappa shape index (κ2) is 22.6. The van der Waals surface area contributed by atoms with Crippen molar-refractivity contribution in [1.82, 2.24) is 0 Å². The molecule has 0 aliphatic carbocycles. The zero-order chi connectivity index (χ0) is 17.0. The SMILES string of the molecule is [CH2-]CCCCCCCCCCCCCCC.[CH2-]c1ccccc1.[Ni+2]. The molecule has 142 valence electrons. The summed E-state index contributed by atoms with van der Waals surface area (Å²) in [4.78, 5) is 0. The van der Waals surface area contributed by atoms with Crippen LogP contribution in [0.25, 0.3) is 0 Å². The predicted octanol–water partition coefficient (Wildman–Crippen LogP) is 8.17. The Bertz CT molecular complexity index is 293. The summed E-state index contributed by atoms with van der Waals surface area (Å²) in [5.41, 5.74) is 1.07. The molecule has 0 unspecified atom stereocenters. The summed E-state index contributed by atoms with van der Waals surface area (Å²) in [5.74, 6) is 0. The molecule has 0 amide bonds. The first kappa shape index (κ1) is 25.8. The monoisotopic (exact) mass is 374 g/mol. The van der Waals surface area contributed by atoms with E-state index in [-0.39, 0.29) is 16.5 Å². The van der Waals surface area contributed by atoms with Crippen molar-refractivity contribution in [3.05, 3.63) is 49.7 Å². The molecular weight excluding hydrogens is 335 g/mol. The van der Waals surface area contributed by atoms with Crippen LogP contribution in [-0.4, -0.2) is 0 Å². The molecule has 1 rings (SSSR count). The van der Waals surface area contributed by atoms with Gasteiger partial charge in [0.05, 0.1) is 0 Å². The fourth-order valence-electron chi connectivity index (χ4n) is 2.67. The van der Waals surface area contributed by atoms with Crippen LogP contribution in [0.3, 0.4) is 0 Å². The molecule has 0 saturated carbocycles. The fourth-order valence-corrected chi connectivity index (χ4v) is 2.67. The Kier molecular flexibility index (Phi) is 24.3. The van der Waals surface area contributed by atoms with Crippen molar-refractivity contribution >= 4 is 0 Å². The third kappa shape index (κ3) is 21.6. The molecule has 0 aromatic heterocycles. The molecule has 1 heteroatoms. The topological polar surface area (TPSA) is 0 Å². The van der Waals surface area contributed by atoms with Crippen LogP contribution in [-0.2, 0) is 16.5 Å². The van der Waals surface area contributed by atoms with Crippen LogP contribution in [0.4, 0.5) is 0 Å². The smallest absolute Gasteiger partial charge is 0.343 e. The van der Waals surface area contributed by atoms with Gasteiger partial charge in [-0.15, -0.1) is 12.1 Å². The molecule has 0 fully saturated rings. The van der Waals surface area contributed by atoms with Crippen molar-refractivity contribution in [3.8, 4) is 0 Å². The Morgan fingerprint density at radius 1 is 0.625 bits per heavy atom. The van der Waals surface area contributed by atoms with Crippen molar-refractivity contribution in [2.24, 2.45) is 0 Å². The molecule has 0 heterocycles. The maximum absolute atomic E-state index is 3.87.